The zero-order valence-corrected chi connectivity index (χ0v) is 16.2. The van der Waals surface area contributed by atoms with E-state index in [2.05, 4.69) is 10.3 Å². The van der Waals surface area contributed by atoms with Gasteiger partial charge >= 0.3 is 5.97 Å². The first-order valence-corrected chi connectivity index (χ1v) is 9.11. The molecule has 0 bridgehead atoms. The van der Waals surface area contributed by atoms with Crippen LogP contribution in [0.3, 0.4) is 0 Å². The molecule has 1 aromatic heterocycles. The standard InChI is InChI=1S/C21H25N3O3/c1-5-27-20(26)11-18(15-7-6-13(2)16(10-15)12-25)17-8-9-19-21(14(17)3)22-23-24(19)4/h6-10,18,25H,5,11-12H2,1-4H3/t18-/m1/s1. The van der Waals surface area contributed by atoms with Crippen LogP contribution in [-0.4, -0.2) is 32.7 Å². The molecule has 0 saturated heterocycles. The van der Waals surface area contributed by atoms with Gasteiger partial charge in [-0.2, -0.15) is 0 Å². The lowest BCUT2D eigenvalue weighted by molar-refractivity contribution is -0.143. The van der Waals surface area contributed by atoms with Crippen LogP contribution in [0.4, 0.5) is 0 Å². The van der Waals surface area contributed by atoms with Crippen molar-refractivity contribution in [2.45, 2.75) is 39.7 Å². The number of nitrogens with zero attached hydrogens (tertiary/aromatic N) is 3. The highest BCUT2D eigenvalue weighted by atomic mass is 16.5. The van der Waals surface area contributed by atoms with Crippen molar-refractivity contribution in [1.29, 1.82) is 0 Å². The Balaban J connectivity index is 2.12. The summed E-state index contributed by atoms with van der Waals surface area (Å²) in [7, 11) is 1.86. The summed E-state index contributed by atoms with van der Waals surface area (Å²) in [5, 5.41) is 18.0. The molecule has 6 heteroatoms. The number of fused-ring (bicyclic) bond motifs is 1. The molecule has 0 unspecified atom stereocenters. The average molecular weight is 367 g/mol. The fourth-order valence-corrected chi connectivity index (χ4v) is 3.50. The minimum Gasteiger partial charge on any atom is -0.466 e. The lowest BCUT2D eigenvalue weighted by Crippen LogP contribution is -2.13. The summed E-state index contributed by atoms with van der Waals surface area (Å²) < 4.78 is 6.95. The highest BCUT2D eigenvalue weighted by Gasteiger charge is 2.23. The van der Waals surface area contributed by atoms with Crippen molar-refractivity contribution in [2.75, 3.05) is 6.61 Å². The van der Waals surface area contributed by atoms with Crippen molar-refractivity contribution in [2.24, 2.45) is 7.05 Å². The van der Waals surface area contributed by atoms with Gasteiger partial charge in [0.05, 0.1) is 25.2 Å². The molecule has 3 rings (SSSR count). The molecular weight excluding hydrogens is 342 g/mol. The first-order valence-electron chi connectivity index (χ1n) is 9.11. The molecule has 0 spiro atoms. The van der Waals surface area contributed by atoms with Gasteiger partial charge in [-0.15, -0.1) is 5.10 Å². The lowest BCUT2D eigenvalue weighted by atomic mass is 9.84. The number of benzene rings is 2. The van der Waals surface area contributed by atoms with E-state index in [1.54, 1.807) is 11.6 Å². The van der Waals surface area contributed by atoms with Gasteiger partial charge in [-0.1, -0.05) is 29.5 Å². The number of rotatable bonds is 6. The van der Waals surface area contributed by atoms with Crippen LogP contribution in [-0.2, 0) is 23.2 Å². The number of aliphatic hydroxyl groups is 1. The minimum atomic E-state index is -0.243. The predicted octanol–water partition coefficient (Wildman–Crippen LogP) is 3.16. The second-order valence-corrected chi connectivity index (χ2v) is 6.77. The van der Waals surface area contributed by atoms with Crippen LogP contribution in [0.15, 0.2) is 30.3 Å². The van der Waals surface area contributed by atoms with Crippen LogP contribution >= 0.6 is 0 Å². The Morgan fingerprint density at radius 2 is 2.04 bits per heavy atom. The second kappa shape index (κ2) is 7.88. The average Bonchev–Trinajstić information content (AvgIpc) is 3.03. The number of hydrogen-bond donors (Lipinski definition) is 1. The number of ether oxygens (including phenoxy) is 1. The summed E-state index contributed by atoms with van der Waals surface area (Å²) in [4.78, 5) is 12.3. The predicted molar refractivity (Wildman–Crippen MR) is 103 cm³/mol. The summed E-state index contributed by atoms with van der Waals surface area (Å²) in [6, 6.07) is 9.98. The number of carbonyl (C=O) groups is 1. The van der Waals surface area contributed by atoms with E-state index in [9.17, 15) is 9.90 Å². The highest BCUT2D eigenvalue weighted by molar-refractivity contribution is 5.80. The van der Waals surface area contributed by atoms with E-state index in [1.807, 2.05) is 51.2 Å². The van der Waals surface area contributed by atoms with Gasteiger partial charge in [-0.3, -0.25) is 4.79 Å². The molecule has 0 aliphatic rings. The Kier molecular flexibility index (Phi) is 5.56. The summed E-state index contributed by atoms with van der Waals surface area (Å²) in [6.45, 7) is 6.09. The van der Waals surface area contributed by atoms with Gasteiger partial charge in [0.2, 0.25) is 0 Å². The first-order chi connectivity index (χ1) is 13.0. The Morgan fingerprint density at radius 1 is 1.26 bits per heavy atom. The van der Waals surface area contributed by atoms with E-state index < -0.39 is 0 Å². The van der Waals surface area contributed by atoms with Gasteiger partial charge in [0, 0.05) is 13.0 Å². The number of hydrogen-bond acceptors (Lipinski definition) is 5. The number of aryl methyl sites for hydroxylation is 3. The largest absolute Gasteiger partial charge is 0.466 e. The summed E-state index contributed by atoms with van der Waals surface area (Å²) in [5.74, 6) is -0.423. The van der Waals surface area contributed by atoms with Gasteiger partial charge < -0.3 is 9.84 Å². The fraction of sp³-hybridized carbons (Fsp3) is 0.381. The number of esters is 1. The van der Waals surface area contributed by atoms with Crippen molar-refractivity contribution in [3.8, 4) is 0 Å². The third-order valence-electron chi connectivity index (χ3n) is 5.08. The molecule has 0 aliphatic carbocycles. The number of aliphatic hydroxyl groups excluding tert-OH is 1. The molecule has 142 valence electrons. The summed E-state index contributed by atoms with van der Waals surface area (Å²) in [5.41, 5.74) is 6.66. The highest BCUT2D eigenvalue weighted by Crippen LogP contribution is 2.34. The molecule has 2 aromatic carbocycles. The smallest absolute Gasteiger partial charge is 0.306 e. The Hall–Kier alpha value is -2.73. The molecule has 1 atom stereocenters. The maximum Gasteiger partial charge on any atom is 0.306 e. The van der Waals surface area contributed by atoms with E-state index in [1.165, 1.54) is 0 Å². The van der Waals surface area contributed by atoms with Gasteiger partial charge in [0.1, 0.15) is 5.52 Å². The van der Waals surface area contributed by atoms with E-state index in [4.69, 9.17) is 4.74 Å². The van der Waals surface area contributed by atoms with Gasteiger partial charge in [-0.05, 0) is 54.7 Å². The maximum absolute atomic E-state index is 12.3. The van der Waals surface area contributed by atoms with Crippen LogP contribution in [0.5, 0.6) is 0 Å². The normalized spacial score (nSPS) is 12.3. The molecule has 0 radical (unpaired) electrons. The Bertz CT molecular complexity index is 978. The van der Waals surface area contributed by atoms with Crippen molar-refractivity contribution in [1.82, 2.24) is 15.0 Å². The molecule has 3 aromatic rings. The topological polar surface area (TPSA) is 77.2 Å². The van der Waals surface area contributed by atoms with Gasteiger partial charge in [-0.25, -0.2) is 4.68 Å². The molecule has 6 nitrogen and oxygen atoms in total. The van der Waals surface area contributed by atoms with Crippen molar-refractivity contribution >= 4 is 17.0 Å². The Labute approximate surface area is 158 Å². The van der Waals surface area contributed by atoms with Crippen molar-refractivity contribution in [3.63, 3.8) is 0 Å². The van der Waals surface area contributed by atoms with Crippen LogP contribution in [0.1, 0.15) is 47.1 Å². The van der Waals surface area contributed by atoms with Crippen molar-refractivity contribution < 1.29 is 14.6 Å². The third kappa shape index (κ3) is 3.71. The molecule has 0 aliphatic heterocycles. The maximum atomic E-state index is 12.3. The number of carbonyl (C=O) groups excluding carboxylic acids is 1. The molecule has 1 heterocycles. The van der Waals surface area contributed by atoms with E-state index in [-0.39, 0.29) is 24.9 Å². The molecule has 0 fully saturated rings. The van der Waals surface area contributed by atoms with Crippen LogP contribution in [0.25, 0.3) is 11.0 Å². The molecule has 0 saturated carbocycles. The summed E-state index contributed by atoms with van der Waals surface area (Å²) >= 11 is 0. The SMILES string of the molecule is CCOC(=O)C[C@H](c1ccc(C)c(CO)c1)c1ccc2c(nnn2C)c1C. The second-order valence-electron chi connectivity index (χ2n) is 6.77. The monoisotopic (exact) mass is 367 g/mol. The fourth-order valence-electron chi connectivity index (χ4n) is 3.50. The molecular formula is C21H25N3O3. The third-order valence-corrected chi connectivity index (χ3v) is 5.08. The van der Waals surface area contributed by atoms with Crippen LogP contribution < -0.4 is 0 Å². The van der Waals surface area contributed by atoms with Gasteiger partial charge in [0.25, 0.3) is 0 Å². The molecule has 27 heavy (non-hydrogen) atoms. The number of aromatic nitrogens is 3. The van der Waals surface area contributed by atoms with Gasteiger partial charge in [0.15, 0.2) is 0 Å². The first kappa shape index (κ1) is 19.0. The zero-order valence-electron chi connectivity index (χ0n) is 16.2. The summed E-state index contributed by atoms with van der Waals surface area (Å²) in [6.07, 6.45) is 0.231. The van der Waals surface area contributed by atoms with Crippen LogP contribution in [0.2, 0.25) is 0 Å². The van der Waals surface area contributed by atoms with E-state index >= 15 is 0 Å². The molecule has 0 amide bonds. The van der Waals surface area contributed by atoms with Crippen molar-refractivity contribution in [3.05, 3.63) is 58.1 Å². The lowest BCUT2D eigenvalue weighted by Gasteiger charge is -2.21. The Morgan fingerprint density at radius 3 is 2.74 bits per heavy atom. The molecule has 1 N–H and O–H groups in total. The van der Waals surface area contributed by atoms with E-state index in [0.29, 0.717) is 6.61 Å². The quantitative estimate of drug-likeness (QED) is 0.677. The van der Waals surface area contributed by atoms with E-state index in [0.717, 1.165) is 38.9 Å². The zero-order chi connectivity index (χ0) is 19.6. The van der Waals surface area contributed by atoms with Crippen LogP contribution in [0, 0.1) is 13.8 Å². The minimum absolute atomic E-state index is 0.0338.